The van der Waals surface area contributed by atoms with Gasteiger partial charge >= 0.3 is 0 Å². The quantitative estimate of drug-likeness (QED) is 0.703. The molecule has 2 heteroatoms. The van der Waals surface area contributed by atoms with E-state index in [0.29, 0.717) is 18.0 Å². The highest BCUT2D eigenvalue weighted by Crippen LogP contribution is 2.16. The van der Waals surface area contributed by atoms with Crippen molar-refractivity contribution in [3.8, 4) is 0 Å². The third-order valence-corrected chi connectivity index (χ3v) is 4.09. The Bertz CT molecular complexity index is 189. The Balaban J connectivity index is 4.06. The topological polar surface area (TPSA) is 15.3 Å². The summed E-state index contributed by atoms with van der Waals surface area (Å²) in [5.41, 5.74) is 0. The minimum Gasteiger partial charge on any atom is -0.316 e. The van der Waals surface area contributed by atoms with Crippen LogP contribution in [0.4, 0.5) is 0 Å². The Labute approximate surface area is 109 Å². The van der Waals surface area contributed by atoms with E-state index in [2.05, 4.69) is 65.7 Å². The lowest BCUT2D eigenvalue weighted by Gasteiger charge is -2.36. The summed E-state index contributed by atoms with van der Waals surface area (Å²) in [5, 5.41) is 3.56. The van der Waals surface area contributed by atoms with Crippen LogP contribution in [0.25, 0.3) is 0 Å². The van der Waals surface area contributed by atoms with Gasteiger partial charge in [0.25, 0.3) is 0 Å². The van der Waals surface area contributed by atoms with Crippen molar-refractivity contribution in [2.45, 2.75) is 60.5 Å². The highest BCUT2D eigenvalue weighted by atomic mass is 15.2. The normalized spacial score (nSPS) is 17.8. The number of hydrogen-bond acceptors (Lipinski definition) is 2. The Morgan fingerprint density at radius 2 is 1.35 bits per heavy atom. The van der Waals surface area contributed by atoms with Crippen LogP contribution in [0, 0.1) is 17.8 Å². The molecule has 0 saturated carbocycles. The molecule has 0 aromatic rings. The second-order valence-corrected chi connectivity index (χ2v) is 6.42. The second-order valence-electron chi connectivity index (χ2n) is 6.42. The molecule has 3 atom stereocenters. The van der Waals surface area contributed by atoms with E-state index in [4.69, 9.17) is 0 Å². The van der Waals surface area contributed by atoms with Crippen molar-refractivity contribution in [2.24, 2.45) is 17.8 Å². The largest absolute Gasteiger partial charge is 0.316 e. The van der Waals surface area contributed by atoms with E-state index in [0.717, 1.165) is 24.9 Å². The van der Waals surface area contributed by atoms with E-state index in [9.17, 15) is 0 Å². The van der Waals surface area contributed by atoms with E-state index < -0.39 is 0 Å². The van der Waals surface area contributed by atoms with Gasteiger partial charge in [0, 0.05) is 12.1 Å². The van der Waals surface area contributed by atoms with Crippen molar-refractivity contribution in [1.29, 1.82) is 0 Å². The minimum absolute atomic E-state index is 0.632. The van der Waals surface area contributed by atoms with Crippen molar-refractivity contribution in [1.82, 2.24) is 10.2 Å². The van der Waals surface area contributed by atoms with E-state index in [-0.39, 0.29) is 0 Å². The Hall–Kier alpha value is -0.0800. The fourth-order valence-electron chi connectivity index (χ4n) is 2.01. The van der Waals surface area contributed by atoms with E-state index in [1.165, 1.54) is 0 Å². The molecule has 0 aromatic carbocycles. The molecule has 1 N–H and O–H groups in total. The van der Waals surface area contributed by atoms with Crippen LogP contribution in [0.5, 0.6) is 0 Å². The van der Waals surface area contributed by atoms with Gasteiger partial charge in [0.1, 0.15) is 0 Å². The molecule has 0 saturated heterocycles. The van der Waals surface area contributed by atoms with Crippen LogP contribution in [-0.2, 0) is 0 Å². The molecule has 0 radical (unpaired) electrons. The molecule has 104 valence electrons. The van der Waals surface area contributed by atoms with E-state index in [1.54, 1.807) is 0 Å². The summed E-state index contributed by atoms with van der Waals surface area (Å²) >= 11 is 0. The van der Waals surface area contributed by atoms with Crippen molar-refractivity contribution >= 4 is 0 Å². The molecular weight excluding hydrogens is 208 g/mol. The van der Waals surface area contributed by atoms with Gasteiger partial charge in [-0.05, 0) is 51.7 Å². The Morgan fingerprint density at radius 1 is 0.824 bits per heavy atom. The number of nitrogens with zero attached hydrogens (tertiary/aromatic N) is 1. The Morgan fingerprint density at radius 3 is 1.76 bits per heavy atom. The molecule has 0 rings (SSSR count). The van der Waals surface area contributed by atoms with Gasteiger partial charge in [-0.1, -0.05) is 34.6 Å². The molecule has 0 spiro atoms. The molecular formula is C15H34N2. The van der Waals surface area contributed by atoms with Crippen LogP contribution >= 0.6 is 0 Å². The molecule has 0 aliphatic rings. The van der Waals surface area contributed by atoms with Gasteiger partial charge in [-0.15, -0.1) is 0 Å². The first-order valence-electron chi connectivity index (χ1n) is 7.20. The summed E-state index contributed by atoms with van der Waals surface area (Å²) in [7, 11) is 2.26. The SMILES string of the molecule is CC(C)CNCC(C)C(C)N(C)C(C)C(C)C. The maximum absolute atomic E-state index is 3.56. The fourth-order valence-corrected chi connectivity index (χ4v) is 2.01. The summed E-state index contributed by atoms with van der Waals surface area (Å²) in [5.74, 6) is 2.16. The monoisotopic (exact) mass is 242 g/mol. The van der Waals surface area contributed by atoms with Crippen LogP contribution in [0.15, 0.2) is 0 Å². The molecule has 0 amide bonds. The lowest BCUT2D eigenvalue weighted by molar-refractivity contribution is 0.121. The molecule has 17 heavy (non-hydrogen) atoms. The second kappa shape index (κ2) is 8.10. The zero-order valence-electron chi connectivity index (χ0n) is 13.2. The van der Waals surface area contributed by atoms with E-state index >= 15 is 0 Å². The maximum Gasteiger partial charge on any atom is 0.0104 e. The van der Waals surface area contributed by atoms with Crippen molar-refractivity contribution in [3.63, 3.8) is 0 Å². The van der Waals surface area contributed by atoms with Crippen LogP contribution in [0.1, 0.15) is 48.5 Å². The molecule has 0 aliphatic heterocycles. The number of nitrogens with one attached hydrogen (secondary N) is 1. The summed E-state index contributed by atoms with van der Waals surface area (Å²) in [6.07, 6.45) is 0. The highest BCUT2D eigenvalue weighted by Gasteiger charge is 2.22. The predicted octanol–water partition coefficient (Wildman–Crippen LogP) is 3.23. The molecule has 2 nitrogen and oxygen atoms in total. The smallest absolute Gasteiger partial charge is 0.0104 e. The molecule has 0 aromatic heterocycles. The van der Waals surface area contributed by atoms with Gasteiger partial charge in [-0.3, -0.25) is 0 Å². The average molecular weight is 242 g/mol. The van der Waals surface area contributed by atoms with Gasteiger partial charge in [0.05, 0.1) is 0 Å². The predicted molar refractivity (Wildman–Crippen MR) is 78.4 cm³/mol. The van der Waals surface area contributed by atoms with Gasteiger partial charge in [0.15, 0.2) is 0 Å². The summed E-state index contributed by atoms with van der Waals surface area (Å²) in [6.45, 7) is 18.4. The zero-order valence-corrected chi connectivity index (χ0v) is 13.2. The number of rotatable bonds is 8. The fraction of sp³-hybridized carbons (Fsp3) is 1.00. The molecule has 3 unspecified atom stereocenters. The maximum atomic E-state index is 3.56. The van der Waals surface area contributed by atoms with Gasteiger partial charge in [0.2, 0.25) is 0 Å². The van der Waals surface area contributed by atoms with Crippen molar-refractivity contribution in [2.75, 3.05) is 20.1 Å². The van der Waals surface area contributed by atoms with Gasteiger partial charge in [-0.25, -0.2) is 0 Å². The summed E-state index contributed by atoms with van der Waals surface area (Å²) in [4.78, 5) is 2.52. The van der Waals surface area contributed by atoms with Crippen LogP contribution in [-0.4, -0.2) is 37.1 Å². The minimum atomic E-state index is 0.632. The first kappa shape index (κ1) is 16.9. The van der Waals surface area contributed by atoms with Crippen LogP contribution in [0.3, 0.4) is 0 Å². The van der Waals surface area contributed by atoms with Crippen molar-refractivity contribution in [3.05, 3.63) is 0 Å². The molecule has 0 heterocycles. The standard InChI is InChI=1S/C15H34N2/c1-11(2)9-16-10-13(5)15(7)17(8)14(6)12(3)4/h11-16H,9-10H2,1-8H3. The first-order valence-corrected chi connectivity index (χ1v) is 7.20. The number of hydrogen-bond donors (Lipinski definition) is 1. The van der Waals surface area contributed by atoms with Crippen LogP contribution in [0.2, 0.25) is 0 Å². The van der Waals surface area contributed by atoms with Gasteiger partial charge in [-0.2, -0.15) is 0 Å². The van der Waals surface area contributed by atoms with Gasteiger partial charge < -0.3 is 10.2 Å². The zero-order chi connectivity index (χ0) is 13.6. The average Bonchev–Trinajstić information content (AvgIpc) is 2.25. The highest BCUT2D eigenvalue weighted by molar-refractivity contribution is 4.77. The summed E-state index contributed by atoms with van der Waals surface area (Å²) < 4.78 is 0. The first-order chi connectivity index (χ1) is 7.77. The van der Waals surface area contributed by atoms with Crippen LogP contribution < -0.4 is 5.32 Å². The molecule has 0 fully saturated rings. The summed E-state index contributed by atoms with van der Waals surface area (Å²) in [6, 6.07) is 1.28. The lowest BCUT2D eigenvalue weighted by atomic mass is 9.97. The molecule has 0 aliphatic carbocycles. The van der Waals surface area contributed by atoms with Crippen molar-refractivity contribution < 1.29 is 0 Å². The lowest BCUT2D eigenvalue weighted by Crippen LogP contribution is -2.45. The van der Waals surface area contributed by atoms with E-state index in [1.807, 2.05) is 0 Å². The third-order valence-electron chi connectivity index (χ3n) is 4.09. The Kier molecular flexibility index (Phi) is 8.06. The third kappa shape index (κ3) is 6.42. The molecule has 0 bridgehead atoms.